The summed E-state index contributed by atoms with van der Waals surface area (Å²) >= 11 is 0. The van der Waals surface area contributed by atoms with Crippen molar-refractivity contribution in [2.75, 3.05) is 35.8 Å². The normalized spacial score (nSPS) is 10.5. The van der Waals surface area contributed by atoms with Gasteiger partial charge in [-0.2, -0.15) is 0 Å². The highest BCUT2D eigenvalue weighted by atomic mass is 16.5. The van der Waals surface area contributed by atoms with Crippen molar-refractivity contribution in [3.63, 3.8) is 0 Å². The zero-order valence-corrected chi connectivity index (χ0v) is 18.8. The number of carboxylic acid groups (broad SMARTS) is 1. The van der Waals surface area contributed by atoms with Gasteiger partial charge in [0.15, 0.2) is 0 Å². The van der Waals surface area contributed by atoms with E-state index in [9.17, 15) is 14.4 Å². The van der Waals surface area contributed by atoms with E-state index >= 15 is 0 Å². The lowest BCUT2D eigenvalue weighted by molar-refractivity contribution is -0.137. The van der Waals surface area contributed by atoms with E-state index in [1.165, 1.54) is 19.0 Å². The Morgan fingerprint density at radius 2 is 1.75 bits per heavy atom. The van der Waals surface area contributed by atoms with Gasteiger partial charge in [0.1, 0.15) is 5.75 Å². The number of anilines is 3. The van der Waals surface area contributed by atoms with Crippen molar-refractivity contribution in [3.05, 3.63) is 48.0 Å². The van der Waals surface area contributed by atoms with E-state index in [1.807, 2.05) is 38.1 Å². The zero-order chi connectivity index (χ0) is 23.7. The van der Waals surface area contributed by atoms with E-state index in [0.717, 1.165) is 5.56 Å². The Labute approximate surface area is 187 Å². The molecule has 0 bridgehead atoms. The smallest absolute Gasteiger partial charge is 0.323 e. The highest BCUT2D eigenvalue weighted by Crippen LogP contribution is 2.31. The molecule has 172 valence electrons. The molecule has 0 saturated carbocycles. The van der Waals surface area contributed by atoms with E-state index in [2.05, 4.69) is 10.6 Å². The Morgan fingerprint density at radius 1 is 1.06 bits per heavy atom. The number of carboxylic acids is 1. The standard InChI is InChI=1S/C23H30N4O5/c1-5-26(14-8-11-22(29)30)27(17(3)28)18-12-13-20(21(15-18)32-4)25-23(31)24-19-10-7-6-9-16(19)2/h6-7,9-10,12-13,15H,5,8,11,14H2,1-4H3,(H,29,30)(H2,24,25,31). The molecular formula is C23H30N4O5. The second kappa shape index (κ2) is 11.7. The topological polar surface area (TPSA) is 111 Å². The van der Waals surface area contributed by atoms with E-state index in [-0.39, 0.29) is 12.3 Å². The lowest BCUT2D eigenvalue weighted by atomic mass is 10.2. The number of carbonyl (C=O) groups is 3. The minimum absolute atomic E-state index is 0.0183. The quantitative estimate of drug-likeness (QED) is 0.478. The molecule has 3 amide bonds. The number of amides is 3. The van der Waals surface area contributed by atoms with Crippen molar-refractivity contribution >= 4 is 35.0 Å². The van der Waals surface area contributed by atoms with Crippen LogP contribution in [0.3, 0.4) is 0 Å². The van der Waals surface area contributed by atoms with Crippen molar-refractivity contribution in [3.8, 4) is 5.75 Å². The molecule has 3 N–H and O–H groups in total. The van der Waals surface area contributed by atoms with Gasteiger partial charge in [-0.3, -0.25) is 9.59 Å². The van der Waals surface area contributed by atoms with Crippen LogP contribution in [0.15, 0.2) is 42.5 Å². The molecule has 2 aromatic carbocycles. The first-order valence-electron chi connectivity index (χ1n) is 10.4. The van der Waals surface area contributed by atoms with Gasteiger partial charge >= 0.3 is 12.0 Å². The number of hydrogen-bond donors (Lipinski definition) is 3. The predicted molar refractivity (Wildman–Crippen MR) is 124 cm³/mol. The first-order chi connectivity index (χ1) is 15.3. The molecule has 0 radical (unpaired) electrons. The molecule has 9 nitrogen and oxygen atoms in total. The summed E-state index contributed by atoms with van der Waals surface area (Å²) in [4.78, 5) is 35.7. The number of aliphatic carboxylic acids is 1. The van der Waals surface area contributed by atoms with E-state index in [1.54, 1.807) is 23.2 Å². The second-order valence-corrected chi connectivity index (χ2v) is 7.15. The largest absolute Gasteiger partial charge is 0.494 e. The molecule has 0 heterocycles. The van der Waals surface area contributed by atoms with Gasteiger partial charge in [0.2, 0.25) is 5.91 Å². The van der Waals surface area contributed by atoms with Gasteiger partial charge < -0.3 is 20.5 Å². The molecule has 0 atom stereocenters. The second-order valence-electron chi connectivity index (χ2n) is 7.15. The molecule has 2 aromatic rings. The van der Waals surface area contributed by atoms with Gasteiger partial charge in [0.05, 0.1) is 18.5 Å². The fraction of sp³-hybridized carbons (Fsp3) is 0.348. The minimum atomic E-state index is -0.878. The molecule has 0 unspecified atom stereocenters. The average molecular weight is 443 g/mol. The fourth-order valence-corrected chi connectivity index (χ4v) is 3.26. The van der Waals surface area contributed by atoms with Gasteiger partial charge in [-0.05, 0) is 37.1 Å². The van der Waals surface area contributed by atoms with Gasteiger partial charge in [-0.15, -0.1) is 0 Å². The number of rotatable bonds is 10. The van der Waals surface area contributed by atoms with E-state index < -0.39 is 12.0 Å². The van der Waals surface area contributed by atoms with Crippen LogP contribution in [0.2, 0.25) is 0 Å². The number of carbonyl (C=O) groups excluding carboxylic acids is 2. The molecule has 0 aliphatic heterocycles. The number of ether oxygens (including phenoxy) is 1. The van der Waals surface area contributed by atoms with Crippen molar-refractivity contribution < 1.29 is 24.2 Å². The third-order valence-corrected chi connectivity index (χ3v) is 4.82. The van der Waals surface area contributed by atoms with Gasteiger partial charge in [-0.1, -0.05) is 25.1 Å². The monoisotopic (exact) mass is 442 g/mol. The van der Waals surface area contributed by atoms with Crippen LogP contribution in [-0.4, -0.2) is 48.2 Å². The van der Waals surface area contributed by atoms with Gasteiger partial charge in [-0.25, -0.2) is 14.8 Å². The summed E-state index contributed by atoms with van der Waals surface area (Å²) in [6, 6.07) is 12.0. The number of nitrogens with zero attached hydrogens (tertiary/aromatic N) is 2. The molecule has 0 fully saturated rings. The Balaban J connectivity index is 2.20. The predicted octanol–water partition coefficient (Wildman–Crippen LogP) is 4.10. The lowest BCUT2D eigenvalue weighted by Gasteiger charge is -2.33. The SMILES string of the molecule is CCN(CCCC(=O)O)N(C(C)=O)c1ccc(NC(=O)Nc2ccccc2C)c(OC)c1. The lowest BCUT2D eigenvalue weighted by Crippen LogP contribution is -2.46. The number of nitrogens with one attached hydrogen (secondary N) is 2. The molecule has 0 saturated heterocycles. The highest BCUT2D eigenvalue weighted by molar-refractivity contribution is 6.01. The van der Waals surface area contributed by atoms with Crippen LogP contribution < -0.4 is 20.4 Å². The summed E-state index contributed by atoms with van der Waals surface area (Å²) in [6.45, 7) is 6.15. The summed E-state index contributed by atoms with van der Waals surface area (Å²) in [6.07, 6.45) is 0.424. The van der Waals surface area contributed by atoms with Crippen molar-refractivity contribution in [1.82, 2.24) is 5.01 Å². The molecule has 0 aliphatic carbocycles. The van der Waals surface area contributed by atoms with Gasteiger partial charge in [0.25, 0.3) is 0 Å². The minimum Gasteiger partial charge on any atom is -0.494 e. The molecule has 2 rings (SSSR count). The first kappa shape index (κ1) is 24.7. The summed E-state index contributed by atoms with van der Waals surface area (Å²) in [5.41, 5.74) is 2.63. The van der Waals surface area contributed by atoms with Gasteiger partial charge in [0, 0.05) is 38.2 Å². The van der Waals surface area contributed by atoms with Crippen LogP contribution in [0.5, 0.6) is 5.75 Å². The van der Waals surface area contributed by atoms with Crippen molar-refractivity contribution in [2.24, 2.45) is 0 Å². The van der Waals surface area contributed by atoms with Crippen LogP contribution >= 0.6 is 0 Å². The molecule has 0 aromatic heterocycles. The molecule has 0 spiro atoms. The number of para-hydroxylation sites is 1. The van der Waals surface area contributed by atoms with Crippen LogP contribution in [0.25, 0.3) is 0 Å². The number of benzene rings is 2. The summed E-state index contributed by atoms with van der Waals surface area (Å²) in [7, 11) is 1.48. The number of hydrogen-bond acceptors (Lipinski definition) is 5. The Kier molecular flexibility index (Phi) is 9.03. The Morgan fingerprint density at radius 3 is 2.34 bits per heavy atom. The molecule has 32 heavy (non-hydrogen) atoms. The van der Waals surface area contributed by atoms with E-state index in [0.29, 0.717) is 42.3 Å². The maximum Gasteiger partial charge on any atom is 0.323 e. The first-order valence-corrected chi connectivity index (χ1v) is 10.4. The third-order valence-electron chi connectivity index (χ3n) is 4.82. The maximum absolute atomic E-state index is 12.5. The Bertz CT molecular complexity index is 963. The fourth-order valence-electron chi connectivity index (χ4n) is 3.26. The molecular weight excluding hydrogens is 412 g/mol. The van der Waals surface area contributed by atoms with Crippen molar-refractivity contribution in [2.45, 2.75) is 33.6 Å². The number of aryl methyl sites for hydroxylation is 1. The summed E-state index contributed by atoms with van der Waals surface area (Å²) in [5.74, 6) is -0.714. The number of urea groups is 1. The van der Waals surface area contributed by atoms with Crippen LogP contribution in [0, 0.1) is 6.92 Å². The van der Waals surface area contributed by atoms with Crippen molar-refractivity contribution in [1.29, 1.82) is 0 Å². The molecule has 0 aliphatic rings. The third kappa shape index (κ3) is 6.71. The molecule has 9 heteroatoms. The maximum atomic E-state index is 12.5. The summed E-state index contributed by atoms with van der Waals surface area (Å²) in [5, 5.41) is 17.7. The van der Waals surface area contributed by atoms with E-state index in [4.69, 9.17) is 9.84 Å². The Hall–Kier alpha value is -3.59. The average Bonchev–Trinajstić information content (AvgIpc) is 2.74. The van der Waals surface area contributed by atoms with Crippen LogP contribution in [0.4, 0.5) is 21.9 Å². The summed E-state index contributed by atoms with van der Waals surface area (Å²) < 4.78 is 5.44. The van der Waals surface area contributed by atoms with Crippen LogP contribution in [-0.2, 0) is 9.59 Å². The number of hydrazine groups is 1. The highest BCUT2D eigenvalue weighted by Gasteiger charge is 2.21. The number of methoxy groups -OCH3 is 1. The zero-order valence-electron chi connectivity index (χ0n) is 18.8. The van der Waals surface area contributed by atoms with Crippen LogP contribution in [0.1, 0.15) is 32.3 Å².